The molecule has 2 rings (SSSR count). The Bertz CT molecular complexity index is 298. The van der Waals surface area contributed by atoms with Crippen LogP contribution in [0.2, 0.25) is 0 Å². The SMILES string of the molecule is CC1CCC(CNC(C)C)(CN2CCCOC(C)C2)CC1. The first-order chi connectivity index (χ1) is 9.99. The minimum absolute atomic E-state index is 0.394. The van der Waals surface area contributed by atoms with E-state index in [9.17, 15) is 0 Å². The lowest BCUT2D eigenvalue weighted by Crippen LogP contribution is -2.48. The zero-order valence-electron chi connectivity index (χ0n) is 14.7. The van der Waals surface area contributed by atoms with Crippen LogP contribution in [0.3, 0.4) is 0 Å². The zero-order valence-corrected chi connectivity index (χ0v) is 14.7. The van der Waals surface area contributed by atoms with E-state index >= 15 is 0 Å². The summed E-state index contributed by atoms with van der Waals surface area (Å²) < 4.78 is 5.81. The standard InChI is InChI=1S/C18H36N2O/c1-15(2)19-13-18(8-6-16(3)7-9-18)14-20-10-5-11-21-17(4)12-20/h15-17,19H,5-14H2,1-4H3. The topological polar surface area (TPSA) is 24.5 Å². The summed E-state index contributed by atoms with van der Waals surface area (Å²) in [6.45, 7) is 14.9. The normalized spacial score (nSPS) is 35.9. The molecule has 124 valence electrons. The van der Waals surface area contributed by atoms with Crippen molar-refractivity contribution < 1.29 is 4.74 Å². The van der Waals surface area contributed by atoms with Crippen molar-refractivity contribution >= 4 is 0 Å². The fraction of sp³-hybridized carbons (Fsp3) is 1.00. The summed E-state index contributed by atoms with van der Waals surface area (Å²) in [6, 6.07) is 0.590. The predicted molar refractivity (Wildman–Crippen MR) is 89.7 cm³/mol. The van der Waals surface area contributed by atoms with Crippen molar-refractivity contribution in [2.24, 2.45) is 11.3 Å². The number of rotatable bonds is 5. The van der Waals surface area contributed by atoms with Gasteiger partial charge in [-0.3, -0.25) is 0 Å². The first kappa shape index (κ1) is 17.2. The molecule has 0 bridgehead atoms. The molecule has 1 saturated carbocycles. The van der Waals surface area contributed by atoms with E-state index in [1.54, 1.807) is 0 Å². The molecule has 1 aliphatic heterocycles. The molecule has 0 spiro atoms. The van der Waals surface area contributed by atoms with Crippen LogP contribution in [-0.2, 0) is 4.74 Å². The van der Waals surface area contributed by atoms with E-state index in [1.165, 1.54) is 51.7 Å². The number of ether oxygens (including phenoxy) is 1. The fourth-order valence-corrected chi connectivity index (χ4v) is 3.88. The van der Waals surface area contributed by atoms with Gasteiger partial charge in [0.15, 0.2) is 0 Å². The summed E-state index contributed by atoms with van der Waals surface area (Å²) >= 11 is 0. The molecule has 0 radical (unpaired) electrons. The summed E-state index contributed by atoms with van der Waals surface area (Å²) in [6.07, 6.45) is 7.16. The lowest BCUT2D eigenvalue weighted by molar-refractivity contribution is 0.0471. The van der Waals surface area contributed by atoms with Gasteiger partial charge in [0.2, 0.25) is 0 Å². The fourth-order valence-electron chi connectivity index (χ4n) is 3.88. The van der Waals surface area contributed by atoms with Gasteiger partial charge in [-0.05, 0) is 37.5 Å². The molecule has 0 aromatic rings. The maximum Gasteiger partial charge on any atom is 0.0673 e. The van der Waals surface area contributed by atoms with Crippen molar-refractivity contribution in [1.29, 1.82) is 0 Å². The van der Waals surface area contributed by atoms with Crippen molar-refractivity contribution in [2.75, 3.05) is 32.8 Å². The van der Waals surface area contributed by atoms with Crippen molar-refractivity contribution in [3.63, 3.8) is 0 Å². The highest BCUT2D eigenvalue weighted by molar-refractivity contribution is 4.90. The van der Waals surface area contributed by atoms with Gasteiger partial charge >= 0.3 is 0 Å². The van der Waals surface area contributed by atoms with E-state index in [-0.39, 0.29) is 0 Å². The van der Waals surface area contributed by atoms with Crippen LogP contribution < -0.4 is 5.32 Å². The minimum Gasteiger partial charge on any atom is -0.377 e. The van der Waals surface area contributed by atoms with Crippen LogP contribution in [0.4, 0.5) is 0 Å². The second kappa shape index (κ2) is 7.94. The molecule has 0 amide bonds. The zero-order chi connectivity index (χ0) is 15.3. The van der Waals surface area contributed by atoms with Crippen molar-refractivity contribution in [3.8, 4) is 0 Å². The highest BCUT2D eigenvalue weighted by atomic mass is 16.5. The first-order valence-electron chi connectivity index (χ1n) is 9.06. The Labute approximate surface area is 131 Å². The van der Waals surface area contributed by atoms with E-state index in [2.05, 4.69) is 37.9 Å². The molecular formula is C18H36N2O. The van der Waals surface area contributed by atoms with Crippen LogP contribution in [0.15, 0.2) is 0 Å². The minimum atomic E-state index is 0.394. The molecular weight excluding hydrogens is 260 g/mol. The van der Waals surface area contributed by atoms with Crippen LogP contribution in [0.1, 0.15) is 59.8 Å². The summed E-state index contributed by atoms with van der Waals surface area (Å²) in [7, 11) is 0. The Morgan fingerprint density at radius 2 is 1.95 bits per heavy atom. The van der Waals surface area contributed by atoms with Gasteiger partial charge in [-0.25, -0.2) is 0 Å². The average Bonchev–Trinajstić information content (AvgIpc) is 2.64. The molecule has 1 N–H and O–H groups in total. The van der Waals surface area contributed by atoms with Gasteiger partial charge in [0.05, 0.1) is 6.10 Å². The number of hydrogen-bond donors (Lipinski definition) is 1. The van der Waals surface area contributed by atoms with Crippen LogP contribution in [0.25, 0.3) is 0 Å². The third kappa shape index (κ3) is 5.54. The molecule has 2 aliphatic rings. The monoisotopic (exact) mass is 296 g/mol. The molecule has 1 unspecified atom stereocenters. The van der Waals surface area contributed by atoms with E-state index in [0.29, 0.717) is 17.6 Å². The summed E-state index contributed by atoms with van der Waals surface area (Å²) in [5, 5.41) is 3.73. The maximum atomic E-state index is 5.81. The van der Waals surface area contributed by atoms with E-state index in [1.807, 2.05) is 0 Å². The van der Waals surface area contributed by atoms with E-state index in [0.717, 1.165) is 19.1 Å². The molecule has 1 atom stereocenters. The number of nitrogens with zero attached hydrogens (tertiary/aromatic N) is 1. The lowest BCUT2D eigenvalue weighted by Gasteiger charge is -2.43. The number of nitrogens with one attached hydrogen (secondary N) is 1. The molecule has 3 heteroatoms. The Morgan fingerprint density at radius 1 is 1.24 bits per heavy atom. The lowest BCUT2D eigenvalue weighted by atomic mass is 9.70. The van der Waals surface area contributed by atoms with Gasteiger partial charge in [-0.2, -0.15) is 0 Å². The van der Waals surface area contributed by atoms with Crippen LogP contribution in [-0.4, -0.2) is 49.8 Å². The molecule has 1 heterocycles. The van der Waals surface area contributed by atoms with Crippen LogP contribution >= 0.6 is 0 Å². The van der Waals surface area contributed by atoms with E-state index < -0.39 is 0 Å². The summed E-state index contributed by atoms with van der Waals surface area (Å²) in [5.41, 5.74) is 0.487. The van der Waals surface area contributed by atoms with Crippen molar-refractivity contribution in [2.45, 2.75) is 71.9 Å². The molecule has 3 nitrogen and oxygen atoms in total. The molecule has 21 heavy (non-hydrogen) atoms. The molecule has 2 fully saturated rings. The van der Waals surface area contributed by atoms with Crippen LogP contribution in [0.5, 0.6) is 0 Å². The largest absolute Gasteiger partial charge is 0.377 e. The van der Waals surface area contributed by atoms with Gasteiger partial charge in [0.1, 0.15) is 0 Å². The smallest absolute Gasteiger partial charge is 0.0673 e. The second-order valence-electron chi connectivity index (χ2n) is 7.99. The first-order valence-corrected chi connectivity index (χ1v) is 9.06. The Kier molecular flexibility index (Phi) is 6.51. The van der Waals surface area contributed by atoms with Crippen molar-refractivity contribution in [1.82, 2.24) is 10.2 Å². The Hall–Kier alpha value is -0.120. The highest BCUT2D eigenvalue weighted by Gasteiger charge is 2.36. The van der Waals surface area contributed by atoms with E-state index in [4.69, 9.17) is 4.74 Å². The number of hydrogen-bond acceptors (Lipinski definition) is 3. The maximum absolute atomic E-state index is 5.81. The predicted octanol–water partition coefficient (Wildman–Crippen LogP) is 3.29. The van der Waals surface area contributed by atoms with Crippen molar-refractivity contribution in [3.05, 3.63) is 0 Å². The molecule has 1 saturated heterocycles. The average molecular weight is 296 g/mol. The Balaban J connectivity index is 1.97. The summed E-state index contributed by atoms with van der Waals surface area (Å²) in [4.78, 5) is 2.68. The summed E-state index contributed by atoms with van der Waals surface area (Å²) in [5.74, 6) is 0.920. The molecule has 0 aromatic heterocycles. The molecule has 1 aliphatic carbocycles. The highest BCUT2D eigenvalue weighted by Crippen LogP contribution is 2.39. The second-order valence-corrected chi connectivity index (χ2v) is 7.99. The Morgan fingerprint density at radius 3 is 2.62 bits per heavy atom. The third-order valence-corrected chi connectivity index (χ3v) is 5.32. The molecule has 0 aromatic carbocycles. The van der Waals surface area contributed by atoms with Crippen LogP contribution in [0, 0.1) is 11.3 Å². The van der Waals surface area contributed by atoms with Gasteiger partial charge < -0.3 is 15.0 Å². The van der Waals surface area contributed by atoms with Gasteiger partial charge in [0.25, 0.3) is 0 Å². The quantitative estimate of drug-likeness (QED) is 0.842. The van der Waals surface area contributed by atoms with Gasteiger partial charge in [-0.15, -0.1) is 0 Å². The van der Waals surface area contributed by atoms with Gasteiger partial charge in [-0.1, -0.05) is 33.6 Å². The van der Waals surface area contributed by atoms with Gasteiger partial charge in [0, 0.05) is 38.8 Å². The third-order valence-electron chi connectivity index (χ3n) is 5.32.